The van der Waals surface area contributed by atoms with Crippen molar-refractivity contribution in [3.63, 3.8) is 0 Å². The maximum atomic E-state index is 13.3. The zero-order chi connectivity index (χ0) is 18.6. The van der Waals surface area contributed by atoms with Crippen LogP contribution in [0.1, 0.15) is 5.56 Å². The van der Waals surface area contributed by atoms with Crippen LogP contribution in [0, 0.1) is 15.9 Å². The van der Waals surface area contributed by atoms with Crippen molar-refractivity contribution < 1.29 is 27.6 Å². The molecule has 0 aliphatic carbocycles. The molecule has 2 N–H and O–H groups in total. The van der Waals surface area contributed by atoms with Gasteiger partial charge in [0.2, 0.25) is 15.8 Å². The number of sulfonamides is 1. The fourth-order valence-electron chi connectivity index (χ4n) is 2.08. The minimum atomic E-state index is -4.40. The van der Waals surface area contributed by atoms with E-state index in [1.807, 2.05) is 4.72 Å². The normalized spacial score (nSPS) is 12.5. The molecule has 8 nitrogen and oxygen atoms in total. The van der Waals surface area contributed by atoms with Gasteiger partial charge in [-0.05, 0) is 24.1 Å². The Morgan fingerprint density at radius 1 is 1.24 bits per heavy atom. The highest BCUT2D eigenvalue weighted by atomic mass is 32.2. The molecule has 10 heteroatoms. The second-order valence-corrected chi connectivity index (χ2v) is 6.79. The van der Waals surface area contributed by atoms with Crippen molar-refractivity contribution in [2.75, 3.05) is 0 Å². The van der Waals surface area contributed by atoms with Gasteiger partial charge >= 0.3 is 11.7 Å². The van der Waals surface area contributed by atoms with Crippen molar-refractivity contribution in [3.8, 4) is 0 Å². The Morgan fingerprint density at radius 2 is 1.88 bits per heavy atom. The number of carboxylic acids is 1. The van der Waals surface area contributed by atoms with Gasteiger partial charge in [0.25, 0.3) is 0 Å². The number of carboxylic acid groups (broad SMARTS) is 1. The molecule has 0 bridgehead atoms. The molecule has 132 valence electrons. The van der Waals surface area contributed by atoms with E-state index in [2.05, 4.69) is 0 Å². The number of nitro groups is 1. The van der Waals surface area contributed by atoms with E-state index >= 15 is 0 Å². The quantitative estimate of drug-likeness (QED) is 0.566. The standard InChI is InChI=1S/C15H13FN2O6S/c16-12-7-6-11(9-14(12)18(21)22)25(23,24)17-13(15(19)20)8-10-4-2-1-3-5-10/h1-7,9,13,17H,8H2,(H,19,20)/t13-/m0/s1. The average Bonchev–Trinajstić information content (AvgIpc) is 2.54. The summed E-state index contributed by atoms with van der Waals surface area (Å²) < 4.78 is 39.9. The summed E-state index contributed by atoms with van der Waals surface area (Å²) in [5, 5.41) is 20.0. The number of nitro benzene ring substituents is 1. The van der Waals surface area contributed by atoms with Gasteiger partial charge in [-0.3, -0.25) is 14.9 Å². The summed E-state index contributed by atoms with van der Waals surface area (Å²) in [6, 6.07) is 8.85. The van der Waals surface area contributed by atoms with Gasteiger partial charge in [0.1, 0.15) is 6.04 Å². The van der Waals surface area contributed by atoms with Crippen molar-refractivity contribution in [3.05, 3.63) is 70.0 Å². The summed E-state index contributed by atoms with van der Waals surface area (Å²) in [5.74, 6) is -2.60. The maximum absolute atomic E-state index is 13.3. The van der Waals surface area contributed by atoms with E-state index in [4.69, 9.17) is 0 Å². The fraction of sp³-hybridized carbons (Fsp3) is 0.133. The molecule has 2 aromatic carbocycles. The molecule has 0 aliphatic heterocycles. The Bertz CT molecular complexity index is 901. The van der Waals surface area contributed by atoms with Crippen LogP contribution in [0.5, 0.6) is 0 Å². The maximum Gasteiger partial charge on any atom is 0.322 e. The van der Waals surface area contributed by atoms with E-state index in [1.165, 1.54) is 0 Å². The molecule has 2 aromatic rings. The monoisotopic (exact) mass is 368 g/mol. The number of hydrogen-bond acceptors (Lipinski definition) is 5. The minimum absolute atomic E-state index is 0.126. The topological polar surface area (TPSA) is 127 Å². The lowest BCUT2D eigenvalue weighted by atomic mass is 10.1. The zero-order valence-electron chi connectivity index (χ0n) is 12.6. The van der Waals surface area contributed by atoms with Gasteiger partial charge in [-0.1, -0.05) is 30.3 Å². The number of hydrogen-bond donors (Lipinski definition) is 2. The smallest absolute Gasteiger partial charge is 0.322 e. The van der Waals surface area contributed by atoms with Crippen molar-refractivity contribution in [2.24, 2.45) is 0 Å². The van der Waals surface area contributed by atoms with E-state index in [0.717, 1.165) is 6.07 Å². The Labute approximate surface area is 142 Å². The van der Waals surface area contributed by atoms with Gasteiger partial charge in [-0.2, -0.15) is 9.11 Å². The second-order valence-electron chi connectivity index (χ2n) is 5.07. The predicted molar refractivity (Wildman–Crippen MR) is 84.9 cm³/mol. The number of halogens is 1. The molecule has 1 atom stereocenters. The van der Waals surface area contributed by atoms with Gasteiger partial charge in [-0.15, -0.1) is 0 Å². The summed E-state index contributed by atoms with van der Waals surface area (Å²) in [7, 11) is -4.40. The van der Waals surface area contributed by atoms with E-state index < -0.39 is 43.4 Å². The Hall–Kier alpha value is -2.85. The molecule has 0 spiro atoms. The Balaban J connectivity index is 2.30. The molecule has 25 heavy (non-hydrogen) atoms. The molecule has 0 radical (unpaired) electrons. The van der Waals surface area contributed by atoms with Crippen molar-refractivity contribution in [1.29, 1.82) is 0 Å². The van der Waals surface area contributed by atoms with Gasteiger partial charge < -0.3 is 5.11 Å². The highest BCUT2D eigenvalue weighted by molar-refractivity contribution is 7.89. The number of carbonyl (C=O) groups is 1. The highest BCUT2D eigenvalue weighted by Gasteiger charge is 2.27. The number of nitrogens with zero attached hydrogens (tertiary/aromatic N) is 1. The lowest BCUT2D eigenvalue weighted by Crippen LogP contribution is -2.42. The van der Waals surface area contributed by atoms with Crippen LogP contribution in [0.15, 0.2) is 53.4 Å². The predicted octanol–water partition coefficient (Wildman–Crippen LogP) is 1.71. The minimum Gasteiger partial charge on any atom is -0.480 e. The third kappa shape index (κ3) is 4.58. The number of benzene rings is 2. The molecule has 0 aromatic heterocycles. The largest absolute Gasteiger partial charge is 0.480 e. The van der Waals surface area contributed by atoms with Crippen molar-refractivity contribution >= 4 is 21.7 Å². The fourth-order valence-corrected chi connectivity index (χ4v) is 3.29. The first-order chi connectivity index (χ1) is 11.7. The summed E-state index contributed by atoms with van der Waals surface area (Å²) in [6.45, 7) is 0. The van der Waals surface area contributed by atoms with Crippen LogP contribution in [0.25, 0.3) is 0 Å². The van der Waals surface area contributed by atoms with E-state index in [9.17, 15) is 32.8 Å². The molecule has 2 rings (SSSR count). The zero-order valence-corrected chi connectivity index (χ0v) is 13.4. The molecule has 0 saturated heterocycles. The van der Waals surface area contributed by atoms with Gasteiger partial charge in [-0.25, -0.2) is 8.42 Å². The number of nitrogens with one attached hydrogen (secondary N) is 1. The Kier molecular flexibility index (Phi) is 5.45. The van der Waals surface area contributed by atoms with Gasteiger partial charge in [0.05, 0.1) is 9.82 Å². The summed E-state index contributed by atoms with van der Waals surface area (Å²) in [5.41, 5.74) is -0.430. The van der Waals surface area contributed by atoms with E-state index in [1.54, 1.807) is 30.3 Å². The van der Waals surface area contributed by atoms with E-state index in [-0.39, 0.29) is 6.42 Å². The van der Waals surface area contributed by atoms with Crippen LogP contribution in [-0.2, 0) is 21.2 Å². The SMILES string of the molecule is O=C(O)[C@H](Cc1ccccc1)NS(=O)(=O)c1ccc(F)c([N+](=O)[O-])c1. The first-order valence-corrected chi connectivity index (χ1v) is 8.42. The molecule has 0 unspecified atom stereocenters. The van der Waals surface area contributed by atoms with Crippen molar-refractivity contribution in [2.45, 2.75) is 17.4 Å². The van der Waals surface area contributed by atoms with Crippen LogP contribution in [0.4, 0.5) is 10.1 Å². The molecule has 0 aliphatic rings. The summed E-state index contributed by atoms with van der Waals surface area (Å²) in [6.07, 6.45) is -0.126. The molecule has 0 saturated carbocycles. The second kappa shape index (κ2) is 7.36. The molecule has 0 fully saturated rings. The molecule has 0 amide bonds. The van der Waals surface area contributed by atoms with Crippen LogP contribution >= 0.6 is 0 Å². The van der Waals surface area contributed by atoms with Gasteiger partial charge in [0.15, 0.2) is 0 Å². The Morgan fingerprint density at radius 3 is 2.44 bits per heavy atom. The van der Waals surface area contributed by atoms with Crippen LogP contribution in [-0.4, -0.2) is 30.5 Å². The first kappa shape index (κ1) is 18.5. The number of aliphatic carboxylic acids is 1. The summed E-state index contributed by atoms with van der Waals surface area (Å²) in [4.78, 5) is 20.4. The highest BCUT2D eigenvalue weighted by Crippen LogP contribution is 2.21. The van der Waals surface area contributed by atoms with Crippen LogP contribution in [0.3, 0.4) is 0 Å². The molecule has 0 heterocycles. The first-order valence-electron chi connectivity index (χ1n) is 6.93. The number of rotatable bonds is 7. The third-order valence-corrected chi connectivity index (χ3v) is 4.77. The van der Waals surface area contributed by atoms with Crippen molar-refractivity contribution in [1.82, 2.24) is 4.72 Å². The van der Waals surface area contributed by atoms with Crippen LogP contribution < -0.4 is 4.72 Å². The van der Waals surface area contributed by atoms with E-state index in [0.29, 0.717) is 17.7 Å². The third-order valence-electron chi connectivity index (χ3n) is 3.30. The lowest BCUT2D eigenvalue weighted by molar-refractivity contribution is -0.387. The average molecular weight is 368 g/mol. The van der Waals surface area contributed by atoms with Crippen LogP contribution in [0.2, 0.25) is 0 Å². The lowest BCUT2D eigenvalue weighted by Gasteiger charge is -2.15. The molecular formula is C15H13FN2O6S. The summed E-state index contributed by atoms with van der Waals surface area (Å²) >= 11 is 0. The molecular weight excluding hydrogens is 355 g/mol. The van der Waals surface area contributed by atoms with Gasteiger partial charge in [0, 0.05) is 6.07 Å².